The predicted molar refractivity (Wildman–Crippen MR) is 77.1 cm³/mol. The van der Waals surface area contributed by atoms with Gasteiger partial charge < -0.3 is 20.5 Å². The minimum absolute atomic E-state index is 0.255. The van der Waals surface area contributed by atoms with E-state index in [4.69, 9.17) is 15.2 Å². The van der Waals surface area contributed by atoms with E-state index in [1.165, 1.54) is 0 Å². The Bertz CT molecular complexity index is 628. The molecular formula is C14H17N3O3. The zero-order valence-corrected chi connectivity index (χ0v) is 11.5. The van der Waals surface area contributed by atoms with Crippen molar-refractivity contribution in [3.8, 4) is 11.5 Å². The molecular weight excluding hydrogens is 258 g/mol. The highest BCUT2D eigenvalue weighted by molar-refractivity contribution is 5.94. The van der Waals surface area contributed by atoms with Crippen molar-refractivity contribution in [3.63, 3.8) is 0 Å². The van der Waals surface area contributed by atoms with Crippen LogP contribution in [0.2, 0.25) is 0 Å². The maximum Gasteiger partial charge on any atom is 0.219 e. The molecule has 0 saturated carbocycles. The van der Waals surface area contributed by atoms with Crippen molar-refractivity contribution < 1.29 is 14.3 Å². The summed E-state index contributed by atoms with van der Waals surface area (Å²) in [6, 6.07) is 5.62. The number of methoxy groups -OCH3 is 2. The quantitative estimate of drug-likeness (QED) is 0.835. The van der Waals surface area contributed by atoms with Gasteiger partial charge >= 0.3 is 0 Å². The van der Waals surface area contributed by atoms with E-state index in [0.717, 1.165) is 10.8 Å². The Morgan fingerprint density at radius 1 is 1.30 bits per heavy atom. The summed E-state index contributed by atoms with van der Waals surface area (Å²) >= 11 is 0. The molecule has 0 fully saturated rings. The average Bonchev–Trinajstić information content (AvgIpc) is 2.45. The van der Waals surface area contributed by atoms with Crippen molar-refractivity contribution >= 4 is 22.5 Å². The van der Waals surface area contributed by atoms with E-state index in [2.05, 4.69) is 10.3 Å². The van der Waals surface area contributed by atoms with Crippen LogP contribution in [-0.4, -0.2) is 31.7 Å². The SMILES string of the molecule is COc1cc2ccnc(NCCC(N)=O)c2cc1OC. The Morgan fingerprint density at radius 2 is 2.00 bits per heavy atom. The van der Waals surface area contributed by atoms with Crippen molar-refractivity contribution in [2.45, 2.75) is 6.42 Å². The molecule has 0 atom stereocenters. The third-order valence-corrected chi connectivity index (χ3v) is 2.93. The van der Waals surface area contributed by atoms with Crippen LogP contribution in [0.4, 0.5) is 5.82 Å². The molecule has 0 bridgehead atoms. The van der Waals surface area contributed by atoms with Crippen LogP contribution in [0, 0.1) is 0 Å². The number of primary amides is 1. The van der Waals surface area contributed by atoms with Gasteiger partial charge in [-0.05, 0) is 23.6 Å². The number of hydrogen-bond acceptors (Lipinski definition) is 5. The van der Waals surface area contributed by atoms with E-state index >= 15 is 0 Å². The maximum absolute atomic E-state index is 10.8. The van der Waals surface area contributed by atoms with Gasteiger partial charge in [0.1, 0.15) is 5.82 Å². The fourth-order valence-electron chi connectivity index (χ4n) is 1.94. The average molecular weight is 275 g/mol. The van der Waals surface area contributed by atoms with Crippen LogP contribution in [0.25, 0.3) is 10.8 Å². The van der Waals surface area contributed by atoms with Gasteiger partial charge in [-0.2, -0.15) is 0 Å². The van der Waals surface area contributed by atoms with Crippen LogP contribution in [0.1, 0.15) is 6.42 Å². The molecule has 1 aromatic carbocycles. The lowest BCUT2D eigenvalue weighted by Crippen LogP contribution is -2.16. The van der Waals surface area contributed by atoms with Crippen LogP contribution in [0.15, 0.2) is 24.4 Å². The highest BCUT2D eigenvalue weighted by Gasteiger charge is 2.09. The first-order chi connectivity index (χ1) is 9.65. The molecule has 0 unspecified atom stereocenters. The first-order valence-corrected chi connectivity index (χ1v) is 6.18. The lowest BCUT2D eigenvalue weighted by atomic mass is 10.1. The zero-order valence-electron chi connectivity index (χ0n) is 11.5. The van der Waals surface area contributed by atoms with E-state index in [0.29, 0.717) is 23.9 Å². The van der Waals surface area contributed by atoms with Gasteiger partial charge in [0.05, 0.1) is 14.2 Å². The summed E-state index contributed by atoms with van der Waals surface area (Å²) in [5.74, 6) is 1.63. The molecule has 3 N–H and O–H groups in total. The fourth-order valence-corrected chi connectivity index (χ4v) is 1.94. The van der Waals surface area contributed by atoms with Gasteiger partial charge in [-0.1, -0.05) is 0 Å². The molecule has 1 amide bonds. The molecule has 2 aromatic rings. The summed E-state index contributed by atoms with van der Waals surface area (Å²) < 4.78 is 10.6. The third-order valence-electron chi connectivity index (χ3n) is 2.93. The Hall–Kier alpha value is -2.50. The Balaban J connectivity index is 2.37. The van der Waals surface area contributed by atoms with Crippen molar-refractivity contribution in [1.82, 2.24) is 4.98 Å². The van der Waals surface area contributed by atoms with Gasteiger partial charge in [0.25, 0.3) is 0 Å². The number of rotatable bonds is 6. The zero-order chi connectivity index (χ0) is 14.5. The standard InChI is InChI=1S/C14H17N3O3/c1-19-11-7-9-3-5-16-14(17-6-4-13(15)18)10(9)8-12(11)20-2/h3,5,7-8H,4,6H2,1-2H3,(H2,15,18)(H,16,17). The van der Waals surface area contributed by atoms with Gasteiger partial charge in [-0.15, -0.1) is 0 Å². The first kappa shape index (κ1) is 13.9. The van der Waals surface area contributed by atoms with Crippen LogP contribution in [-0.2, 0) is 4.79 Å². The molecule has 2 rings (SSSR count). The third kappa shape index (κ3) is 2.90. The second kappa shape index (κ2) is 6.10. The van der Waals surface area contributed by atoms with Crippen molar-refractivity contribution in [1.29, 1.82) is 0 Å². The van der Waals surface area contributed by atoms with E-state index in [9.17, 15) is 4.79 Å². The maximum atomic E-state index is 10.8. The number of carbonyl (C=O) groups is 1. The highest BCUT2D eigenvalue weighted by Crippen LogP contribution is 2.34. The van der Waals surface area contributed by atoms with Gasteiger partial charge in [0, 0.05) is 24.5 Å². The molecule has 0 aliphatic rings. The topological polar surface area (TPSA) is 86.5 Å². The number of nitrogens with zero attached hydrogens (tertiary/aromatic N) is 1. The van der Waals surface area contributed by atoms with Gasteiger partial charge in [0.15, 0.2) is 11.5 Å². The van der Waals surface area contributed by atoms with Crippen LogP contribution >= 0.6 is 0 Å². The number of hydrogen-bond donors (Lipinski definition) is 2. The molecule has 1 aromatic heterocycles. The molecule has 0 saturated heterocycles. The molecule has 0 radical (unpaired) electrons. The van der Waals surface area contributed by atoms with Crippen molar-refractivity contribution in [2.75, 3.05) is 26.1 Å². The Labute approximate surface area is 116 Å². The number of aromatic nitrogens is 1. The van der Waals surface area contributed by atoms with Gasteiger partial charge in [0.2, 0.25) is 5.91 Å². The molecule has 0 aliphatic carbocycles. The lowest BCUT2D eigenvalue weighted by Gasteiger charge is -2.12. The Kier molecular flexibility index (Phi) is 4.24. The number of carbonyl (C=O) groups excluding carboxylic acids is 1. The minimum atomic E-state index is -0.350. The molecule has 6 nitrogen and oxygen atoms in total. The minimum Gasteiger partial charge on any atom is -0.493 e. The van der Waals surface area contributed by atoms with Crippen LogP contribution in [0.5, 0.6) is 11.5 Å². The van der Waals surface area contributed by atoms with E-state index in [-0.39, 0.29) is 12.3 Å². The smallest absolute Gasteiger partial charge is 0.219 e. The summed E-state index contributed by atoms with van der Waals surface area (Å²) in [4.78, 5) is 15.0. The molecule has 20 heavy (non-hydrogen) atoms. The van der Waals surface area contributed by atoms with E-state index in [1.807, 2.05) is 18.2 Å². The number of benzene rings is 1. The van der Waals surface area contributed by atoms with Gasteiger partial charge in [-0.3, -0.25) is 4.79 Å². The van der Waals surface area contributed by atoms with Crippen molar-refractivity contribution in [2.24, 2.45) is 5.73 Å². The number of anilines is 1. The summed E-state index contributed by atoms with van der Waals surface area (Å²) in [7, 11) is 3.18. The number of amides is 1. The summed E-state index contributed by atoms with van der Waals surface area (Å²) in [6.45, 7) is 0.440. The number of nitrogens with two attached hydrogens (primary N) is 1. The number of fused-ring (bicyclic) bond motifs is 1. The highest BCUT2D eigenvalue weighted by atomic mass is 16.5. The number of ether oxygens (including phenoxy) is 2. The summed E-state index contributed by atoms with van der Waals surface area (Å²) in [5.41, 5.74) is 5.12. The molecule has 0 spiro atoms. The van der Waals surface area contributed by atoms with E-state index in [1.54, 1.807) is 20.4 Å². The second-order valence-electron chi connectivity index (χ2n) is 4.23. The Morgan fingerprint density at radius 3 is 2.65 bits per heavy atom. The van der Waals surface area contributed by atoms with Crippen molar-refractivity contribution in [3.05, 3.63) is 24.4 Å². The lowest BCUT2D eigenvalue weighted by molar-refractivity contribution is -0.117. The second-order valence-corrected chi connectivity index (χ2v) is 4.23. The molecule has 6 heteroatoms. The normalized spacial score (nSPS) is 10.3. The predicted octanol–water partition coefficient (Wildman–Crippen LogP) is 1.54. The first-order valence-electron chi connectivity index (χ1n) is 6.18. The molecule has 1 heterocycles. The van der Waals surface area contributed by atoms with E-state index < -0.39 is 0 Å². The van der Waals surface area contributed by atoms with Crippen LogP contribution in [0.3, 0.4) is 0 Å². The molecule has 106 valence electrons. The summed E-state index contributed by atoms with van der Waals surface area (Å²) in [6.07, 6.45) is 1.95. The number of nitrogens with one attached hydrogen (secondary N) is 1. The largest absolute Gasteiger partial charge is 0.493 e. The van der Waals surface area contributed by atoms with Gasteiger partial charge in [-0.25, -0.2) is 4.98 Å². The fraction of sp³-hybridized carbons (Fsp3) is 0.286. The summed E-state index contributed by atoms with van der Waals surface area (Å²) in [5, 5.41) is 4.97. The molecule has 0 aliphatic heterocycles. The van der Waals surface area contributed by atoms with Crippen LogP contribution < -0.4 is 20.5 Å². The number of pyridine rings is 1. The monoisotopic (exact) mass is 275 g/mol.